The van der Waals surface area contributed by atoms with Gasteiger partial charge >= 0.3 is 0 Å². The first kappa shape index (κ1) is 7.10. The summed E-state index contributed by atoms with van der Waals surface area (Å²) >= 11 is 0. The maximum absolute atomic E-state index is 11.5. The fourth-order valence-electron chi connectivity index (χ4n) is 1.58. The molecule has 0 aromatic rings. The van der Waals surface area contributed by atoms with Crippen LogP contribution in [0.3, 0.4) is 0 Å². The van der Waals surface area contributed by atoms with Crippen LogP contribution in [0, 0.1) is 0 Å². The van der Waals surface area contributed by atoms with Crippen LogP contribution >= 0.6 is 0 Å². The van der Waals surface area contributed by atoms with Gasteiger partial charge in [-0.25, -0.2) is 0 Å². The highest BCUT2D eigenvalue weighted by molar-refractivity contribution is 5.89. The van der Waals surface area contributed by atoms with Crippen molar-refractivity contribution in [3.63, 3.8) is 0 Å². The Labute approximate surface area is 66.5 Å². The highest BCUT2D eigenvalue weighted by atomic mass is 16.2. The van der Waals surface area contributed by atoms with Crippen molar-refractivity contribution in [2.45, 2.75) is 31.2 Å². The van der Waals surface area contributed by atoms with Crippen LogP contribution in [0.1, 0.15) is 25.7 Å². The van der Waals surface area contributed by atoms with E-state index in [0.717, 1.165) is 38.8 Å². The molecule has 2 aliphatic rings. The summed E-state index contributed by atoms with van der Waals surface area (Å²) in [5.41, 5.74) is 5.34. The predicted molar refractivity (Wildman–Crippen MR) is 42.0 cm³/mol. The van der Waals surface area contributed by atoms with Gasteiger partial charge in [0, 0.05) is 13.1 Å². The Kier molecular flexibility index (Phi) is 1.42. The summed E-state index contributed by atoms with van der Waals surface area (Å²) in [6.07, 6.45) is 4.09. The van der Waals surface area contributed by atoms with Crippen LogP contribution in [0.15, 0.2) is 0 Å². The second-order valence-electron chi connectivity index (χ2n) is 3.66. The number of nitrogens with two attached hydrogens (primary N) is 1. The fraction of sp³-hybridized carbons (Fsp3) is 0.875. The molecule has 3 nitrogen and oxygen atoms in total. The normalized spacial score (nSPS) is 27.2. The average Bonchev–Trinajstić information content (AvgIpc) is 2.54. The molecule has 0 aromatic carbocycles. The van der Waals surface area contributed by atoms with E-state index < -0.39 is 5.54 Å². The monoisotopic (exact) mass is 154 g/mol. The number of carbonyl (C=O) groups is 1. The molecule has 1 heterocycles. The third kappa shape index (κ3) is 1.13. The van der Waals surface area contributed by atoms with Crippen molar-refractivity contribution in [1.82, 2.24) is 4.90 Å². The van der Waals surface area contributed by atoms with E-state index in [4.69, 9.17) is 5.73 Å². The van der Waals surface area contributed by atoms with E-state index in [1.807, 2.05) is 4.90 Å². The van der Waals surface area contributed by atoms with Crippen molar-refractivity contribution >= 4 is 5.91 Å². The molecule has 11 heavy (non-hydrogen) atoms. The summed E-state index contributed by atoms with van der Waals surface area (Å²) < 4.78 is 0. The van der Waals surface area contributed by atoms with Gasteiger partial charge in [0.05, 0.1) is 5.54 Å². The van der Waals surface area contributed by atoms with Crippen LogP contribution in [0.2, 0.25) is 0 Å². The number of likely N-dealkylation sites (tertiary alicyclic amines) is 1. The van der Waals surface area contributed by atoms with Gasteiger partial charge in [0.2, 0.25) is 5.91 Å². The van der Waals surface area contributed by atoms with Crippen molar-refractivity contribution in [2.24, 2.45) is 5.73 Å². The van der Waals surface area contributed by atoms with Crippen LogP contribution in [-0.2, 0) is 4.79 Å². The highest BCUT2D eigenvalue weighted by Gasteiger charge is 2.48. The summed E-state index contributed by atoms with van der Waals surface area (Å²) in [5, 5.41) is 0. The van der Waals surface area contributed by atoms with E-state index in [-0.39, 0.29) is 5.91 Å². The Morgan fingerprint density at radius 2 is 1.82 bits per heavy atom. The molecule has 0 unspecified atom stereocenters. The number of amides is 1. The molecule has 0 atom stereocenters. The maximum Gasteiger partial charge on any atom is 0.242 e. The van der Waals surface area contributed by atoms with Crippen LogP contribution < -0.4 is 5.73 Å². The molecule has 1 aliphatic carbocycles. The predicted octanol–water partition coefficient (Wildman–Crippen LogP) is 0.100. The Bertz CT molecular complexity index is 181. The van der Waals surface area contributed by atoms with Crippen LogP contribution in [-0.4, -0.2) is 29.4 Å². The Morgan fingerprint density at radius 1 is 1.27 bits per heavy atom. The van der Waals surface area contributed by atoms with E-state index >= 15 is 0 Å². The Morgan fingerprint density at radius 3 is 2.27 bits per heavy atom. The summed E-state index contributed by atoms with van der Waals surface area (Å²) in [4.78, 5) is 13.4. The van der Waals surface area contributed by atoms with Crippen molar-refractivity contribution in [2.75, 3.05) is 13.1 Å². The fourth-order valence-corrected chi connectivity index (χ4v) is 1.58. The zero-order valence-electron chi connectivity index (χ0n) is 6.68. The smallest absolute Gasteiger partial charge is 0.242 e. The topological polar surface area (TPSA) is 46.3 Å². The van der Waals surface area contributed by atoms with Gasteiger partial charge in [0.25, 0.3) is 0 Å². The first-order chi connectivity index (χ1) is 5.22. The number of carbonyl (C=O) groups excluding carboxylic acids is 1. The lowest BCUT2D eigenvalue weighted by Gasteiger charge is -2.19. The van der Waals surface area contributed by atoms with E-state index in [9.17, 15) is 4.79 Å². The molecule has 0 aromatic heterocycles. The summed E-state index contributed by atoms with van der Waals surface area (Å²) in [7, 11) is 0. The third-order valence-corrected chi connectivity index (χ3v) is 2.61. The number of hydrogen-bond acceptors (Lipinski definition) is 2. The van der Waals surface area contributed by atoms with E-state index in [1.165, 1.54) is 0 Å². The van der Waals surface area contributed by atoms with Crippen molar-refractivity contribution in [3.05, 3.63) is 0 Å². The summed E-state index contributed by atoms with van der Waals surface area (Å²) in [6.45, 7) is 1.86. The van der Waals surface area contributed by atoms with Gasteiger partial charge < -0.3 is 10.6 Å². The molecule has 2 N–H and O–H groups in total. The third-order valence-electron chi connectivity index (χ3n) is 2.61. The molecule has 1 amide bonds. The lowest BCUT2D eigenvalue weighted by Crippen LogP contribution is -2.44. The minimum atomic E-state index is -0.440. The summed E-state index contributed by atoms with van der Waals surface area (Å²) in [6, 6.07) is 0. The molecule has 0 bridgehead atoms. The molecule has 0 radical (unpaired) electrons. The molecular weight excluding hydrogens is 140 g/mol. The number of nitrogens with zero attached hydrogens (tertiary/aromatic N) is 1. The van der Waals surface area contributed by atoms with Crippen molar-refractivity contribution in [3.8, 4) is 0 Å². The minimum Gasteiger partial charge on any atom is -0.341 e. The van der Waals surface area contributed by atoms with Gasteiger partial charge in [-0.05, 0) is 25.7 Å². The van der Waals surface area contributed by atoms with Crippen molar-refractivity contribution in [1.29, 1.82) is 0 Å². The first-order valence-electron chi connectivity index (χ1n) is 4.31. The van der Waals surface area contributed by atoms with E-state index in [2.05, 4.69) is 0 Å². The lowest BCUT2D eigenvalue weighted by molar-refractivity contribution is -0.132. The molecule has 1 saturated carbocycles. The molecule has 3 heteroatoms. The molecule has 0 spiro atoms. The Hall–Kier alpha value is -0.570. The van der Waals surface area contributed by atoms with Gasteiger partial charge in [-0.2, -0.15) is 0 Å². The second-order valence-corrected chi connectivity index (χ2v) is 3.66. The number of hydrogen-bond donors (Lipinski definition) is 1. The number of rotatable bonds is 1. The van der Waals surface area contributed by atoms with Gasteiger partial charge in [-0.1, -0.05) is 0 Å². The molecule has 1 saturated heterocycles. The van der Waals surface area contributed by atoms with Crippen LogP contribution in [0.4, 0.5) is 0 Å². The van der Waals surface area contributed by atoms with Crippen LogP contribution in [0.25, 0.3) is 0 Å². The molecule has 62 valence electrons. The first-order valence-corrected chi connectivity index (χ1v) is 4.31. The molecule has 1 aliphatic heterocycles. The van der Waals surface area contributed by atoms with Gasteiger partial charge in [0.15, 0.2) is 0 Å². The lowest BCUT2D eigenvalue weighted by atomic mass is 10.2. The van der Waals surface area contributed by atoms with Gasteiger partial charge in [-0.15, -0.1) is 0 Å². The summed E-state index contributed by atoms with van der Waals surface area (Å²) in [5.74, 6) is 0.190. The van der Waals surface area contributed by atoms with Crippen LogP contribution in [0.5, 0.6) is 0 Å². The van der Waals surface area contributed by atoms with Gasteiger partial charge in [-0.3, -0.25) is 4.79 Å². The maximum atomic E-state index is 11.5. The highest BCUT2D eigenvalue weighted by Crippen LogP contribution is 2.34. The van der Waals surface area contributed by atoms with E-state index in [0.29, 0.717) is 0 Å². The average molecular weight is 154 g/mol. The molecule has 2 rings (SSSR count). The zero-order chi connectivity index (χ0) is 7.90. The molecular formula is C8H14N2O. The van der Waals surface area contributed by atoms with Gasteiger partial charge in [0.1, 0.15) is 0 Å². The Balaban J connectivity index is 1.98. The standard InChI is InChI=1S/C8H14N2O/c9-8(3-4-8)7(11)10-5-1-2-6-10/h1-6,9H2. The molecule has 2 fully saturated rings. The largest absolute Gasteiger partial charge is 0.341 e. The van der Waals surface area contributed by atoms with E-state index in [1.54, 1.807) is 0 Å². The second kappa shape index (κ2) is 2.21. The zero-order valence-corrected chi connectivity index (χ0v) is 6.68. The van der Waals surface area contributed by atoms with Crippen molar-refractivity contribution < 1.29 is 4.79 Å². The SMILES string of the molecule is NC1(C(=O)N2CCCC2)CC1. The minimum absolute atomic E-state index is 0.190. The quantitative estimate of drug-likeness (QED) is 0.582.